The van der Waals surface area contributed by atoms with E-state index in [1.54, 1.807) is 50.6 Å². The number of carbonyl (C=O) groups is 1. The van der Waals surface area contributed by atoms with E-state index in [9.17, 15) is 13.2 Å². The van der Waals surface area contributed by atoms with E-state index < -0.39 is 10.0 Å². The van der Waals surface area contributed by atoms with Crippen LogP contribution >= 0.6 is 0 Å². The van der Waals surface area contributed by atoms with E-state index in [1.807, 2.05) is 6.92 Å². The normalized spacial score (nSPS) is 14.7. The summed E-state index contributed by atoms with van der Waals surface area (Å²) in [7, 11) is -0.253. The molecule has 3 N–H and O–H groups in total. The molecule has 0 unspecified atom stereocenters. The maximum atomic E-state index is 12.7. The number of benzene rings is 2. The van der Waals surface area contributed by atoms with Gasteiger partial charge in [-0.3, -0.25) is 9.52 Å². The molecule has 1 amide bonds. The fourth-order valence-electron chi connectivity index (χ4n) is 3.13. The summed E-state index contributed by atoms with van der Waals surface area (Å²) < 4.78 is 35.8. The van der Waals surface area contributed by atoms with E-state index in [0.29, 0.717) is 34.9 Å². The third-order valence-electron chi connectivity index (χ3n) is 4.41. The van der Waals surface area contributed by atoms with Gasteiger partial charge in [0, 0.05) is 28.7 Å². The second-order valence-electron chi connectivity index (χ2n) is 6.49. The molecule has 9 heteroatoms. The summed E-state index contributed by atoms with van der Waals surface area (Å²) >= 11 is 0. The van der Waals surface area contributed by atoms with Crippen molar-refractivity contribution in [3.63, 3.8) is 0 Å². The van der Waals surface area contributed by atoms with Gasteiger partial charge >= 0.3 is 0 Å². The first-order valence-corrected chi connectivity index (χ1v) is 10.8. The summed E-state index contributed by atoms with van der Waals surface area (Å²) in [4.78, 5) is 12.7. The number of carbonyl (C=O) groups excluding carboxylic acids is 1. The molecular formula is C20H23N3O5S. The van der Waals surface area contributed by atoms with Crippen molar-refractivity contribution in [3.8, 4) is 11.5 Å². The number of hydrogen-bond donors (Lipinski definition) is 3. The van der Waals surface area contributed by atoms with Gasteiger partial charge in [-0.2, -0.15) is 0 Å². The van der Waals surface area contributed by atoms with Crippen molar-refractivity contribution >= 4 is 38.6 Å². The quantitative estimate of drug-likeness (QED) is 0.597. The van der Waals surface area contributed by atoms with Gasteiger partial charge in [-0.05, 0) is 36.8 Å². The average molecular weight is 417 g/mol. The van der Waals surface area contributed by atoms with Crippen molar-refractivity contribution in [3.05, 3.63) is 47.7 Å². The molecule has 0 saturated carbocycles. The highest BCUT2D eigenvalue weighted by Gasteiger charge is 2.29. The molecule has 154 valence electrons. The zero-order chi connectivity index (χ0) is 21.2. The average Bonchev–Trinajstić information content (AvgIpc) is 2.99. The van der Waals surface area contributed by atoms with Gasteiger partial charge in [0.2, 0.25) is 10.0 Å². The Kier molecular flexibility index (Phi) is 5.69. The van der Waals surface area contributed by atoms with Crippen molar-refractivity contribution < 1.29 is 22.7 Å². The Bertz CT molecular complexity index is 1080. The smallest absolute Gasteiger partial charge is 0.258 e. The lowest BCUT2D eigenvalue weighted by atomic mass is 10.0. The van der Waals surface area contributed by atoms with Crippen LogP contribution in [0.2, 0.25) is 0 Å². The van der Waals surface area contributed by atoms with Gasteiger partial charge in [-0.25, -0.2) is 8.42 Å². The molecule has 0 aliphatic carbocycles. The standard InChI is InChI=1S/C20H23N3O5S/c1-5-15(21-12-6-8-13(9-7-12)23-29(4,25)26)19-14-10-17(27-2)18(28-3)11-16(14)22-20(19)24/h6-11,21,23H,5H2,1-4H3,(H,22,24)/b19-15-. The van der Waals surface area contributed by atoms with Gasteiger partial charge < -0.3 is 20.1 Å². The lowest BCUT2D eigenvalue weighted by molar-refractivity contribution is -0.110. The van der Waals surface area contributed by atoms with Crippen LogP contribution in [0.25, 0.3) is 5.57 Å². The van der Waals surface area contributed by atoms with E-state index >= 15 is 0 Å². The molecule has 0 fully saturated rings. The van der Waals surface area contributed by atoms with Gasteiger partial charge in [0.15, 0.2) is 11.5 Å². The molecule has 1 aliphatic heterocycles. The summed E-state index contributed by atoms with van der Waals surface area (Å²) in [6, 6.07) is 10.3. The van der Waals surface area contributed by atoms with E-state index in [1.165, 1.54) is 0 Å². The Balaban J connectivity index is 1.96. The predicted molar refractivity (Wildman–Crippen MR) is 114 cm³/mol. The Hall–Kier alpha value is -3.20. The fraction of sp³-hybridized carbons (Fsp3) is 0.250. The molecule has 2 aromatic rings. The minimum atomic E-state index is -3.34. The molecule has 0 bridgehead atoms. The van der Waals surface area contributed by atoms with Crippen molar-refractivity contribution in [1.29, 1.82) is 0 Å². The van der Waals surface area contributed by atoms with E-state index in [0.717, 1.165) is 23.2 Å². The number of fused-ring (bicyclic) bond motifs is 1. The van der Waals surface area contributed by atoms with Crippen molar-refractivity contribution in [1.82, 2.24) is 0 Å². The molecule has 3 rings (SSSR count). The van der Waals surface area contributed by atoms with Crippen molar-refractivity contribution in [2.75, 3.05) is 35.8 Å². The summed E-state index contributed by atoms with van der Waals surface area (Å²) in [5.74, 6) is 0.856. The van der Waals surface area contributed by atoms with Crippen LogP contribution in [0.4, 0.5) is 17.1 Å². The van der Waals surface area contributed by atoms with Crippen LogP contribution < -0.4 is 24.8 Å². The number of rotatable bonds is 7. The molecule has 0 radical (unpaired) electrons. The van der Waals surface area contributed by atoms with E-state index in [4.69, 9.17) is 9.47 Å². The first-order valence-electron chi connectivity index (χ1n) is 8.91. The number of nitrogens with one attached hydrogen (secondary N) is 3. The van der Waals surface area contributed by atoms with E-state index in [2.05, 4.69) is 15.4 Å². The fourth-order valence-corrected chi connectivity index (χ4v) is 3.70. The minimum Gasteiger partial charge on any atom is -0.493 e. The summed E-state index contributed by atoms with van der Waals surface area (Å²) in [5, 5.41) is 6.13. The summed E-state index contributed by atoms with van der Waals surface area (Å²) in [6.07, 6.45) is 1.68. The Morgan fingerprint density at radius 1 is 1.03 bits per heavy atom. The van der Waals surface area contributed by atoms with Crippen LogP contribution in [-0.4, -0.2) is 34.8 Å². The molecule has 0 spiro atoms. The van der Waals surface area contributed by atoms with Crippen LogP contribution in [0, 0.1) is 0 Å². The molecule has 8 nitrogen and oxygen atoms in total. The van der Waals surface area contributed by atoms with Crippen LogP contribution in [0.3, 0.4) is 0 Å². The maximum Gasteiger partial charge on any atom is 0.258 e. The first-order chi connectivity index (χ1) is 13.8. The number of allylic oxidation sites excluding steroid dienone is 1. The second kappa shape index (κ2) is 8.04. The number of hydrogen-bond acceptors (Lipinski definition) is 6. The molecule has 0 aromatic heterocycles. The molecule has 0 atom stereocenters. The predicted octanol–water partition coefficient (Wildman–Crippen LogP) is 3.26. The zero-order valence-electron chi connectivity index (χ0n) is 16.6. The zero-order valence-corrected chi connectivity index (χ0v) is 17.4. The maximum absolute atomic E-state index is 12.7. The van der Waals surface area contributed by atoms with Crippen molar-refractivity contribution in [2.45, 2.75) is 13.3 Å². The largest absolute Gasteiger partial charge is 0.493 e. The second-order valence-corrected chi connectivity index (χ2v) is 8.24. The third kappa shape index (κ3) is 4.45. The number of methoxy groups -OCH3 is 2. The van der Waals surface area contributed by atoms with Crippen LogP contribution in [0.15, 0.2) is 42.1 Å². The molecule has 29 heavy (non-hydrogen) atoms. The Morgan fingerprint density at radius 2 is 1.62 bits per heavy atom. The van der Waals surface area contributed by atoms with Gasteiger partial charge in [-0.15, -0.1) is 0 Å². The Labute approximate surface area is 170 Å². The number of ether oxygens (including phenoxy) is 2. The Morgan fingerprint density at radius 3 is 2.17 bits per heavy atom. The van der Waals surface area contributed by atoms with Gasteiger partial charge in [0.25, 0.3) is 5.91 Å². The van der Waals surface area contributed by atoms with Gasteiger partial charge in [-0.1, -0.05) is 6.92 Å². The third-order valence-corrected chi connectivity index (χ3v) is 5.01. The summed E-state index contributed by atoms with van der Waals surface area (Å²) in [5.41, 5.74) is 3.84. The molecule has 0 saturated heterocycles. The number of sulfonamides is 1. The highest BCUT2D eigenvalue weighted by Crippen LogP contribution is 2.42. The first kappa shape index (κ1) is 20.5. The molecule has 2 aromatic carbocycles. The van der Waals surface area contributed by atoms with Gasteiger partial charge in [0.05, 0.1) is 31.7 Å². The lowest BCUT2D eigenvalue weighted by Crippen LogP contribution is -2.11. The topological polar surface area (TPSA) is 106 Å². The molecule has 1 aliphatic rings. The lowest BCUT2D eigenvalue weighted by Gasteiger charge is -2.14. The van der Waals surface area contributed by atoms with Crippen LogP contribution in [0.5, 0.6) is 11.5 Å². The summed E-state index contributed by atoms with van der Waals surface area (Å²) in [6.45, 7) is 1.95. The van der Waals surface area contributed by atoms with Crippen molar-refractivity contribution in [2.24, 2.45) is 0 Å². The molecule has 1 heterocycles. The highest BCUT2D eigenvalue weighted by atomic mass is 32.2. The number of amides is 1. The monoisotopic (exact) mass is 417 g/mol. The van der Waals surface area contributed by atoms with E-state index in [-0.39, 0.29) is 5.91 Å². The number of anilines is 3. The van der Waals surface area contributed by atoms with Crippen LogP contribution in [-0.2, 0) is 14.8 Å². The molecular weight excluding hydrogens is 394 g/mol. The van der Waals surface area contributed by atoms with Crippen LogP contribution in [0.1, 0.15) is 18.9 Å². The SMILES string of the molecule is CC/C(Nc1ccc(NS(C)(=O)=O)cc1)=C1/C(=O)Nc2cc(OC)c(OC)cc21. The highest BCUT2D eigenvalue weighted by molar-refractivity contribution is 7.92. The minimum absolute atomic E-state index is 0.213. The van der Waals surface area contributed by atoms with Gasteiger partial charge in [0.1, 0.15) is 0 Å².